The molecule has 0 saturated carbocycles. The molecule has 0 fully saturated rings. The number of rotatable bonds is 5. The van der Waals surface area contributed by atoms with Gasteiger partial charge >= 0.3 is 0 Å². The zero-order valence-corrected chi connectivity index (χ0v) is 8.81. The number of amides is 1. The highest BCUT2D eigenvalue weighted by Crippen LogP contribution is 2.01. The molecule has 0 radical (unpaired) electrons. The summed E-state index contributed by atoms with van der Waals surface area (Å²) in [6.07, 6.45) is 4.58. The van der Waals surface area contributed by atoms with Crippen molar-refractivity contribution in [2.24, 2.45) is 0 Å². The van der Waals surface area contributed by atoms with E-state index in [1.807, 2.05) is 6.92 Å². The molecule has 0 aromatic carbocycles. The van der Waals surface area contributed by atoms with Gasteiger partial charge in [-0.05, 0) is 25.0 Å². The Hall–Kier alpha value is -1.42. The fourth-order valence-corrected chi connectivity index (χ4v) is 1.31. The Kier molecular flexibility index (Phi) is 4.77. The Balaban J connectivity index is 2.55. The minimum absolute atomic E-state index is 0.0377. The maximum atomic E-state index is 11.7. The molecule has 4 nitrogen and oxygen atoms in total. The van der Waals surface area contributed by atoms with Crippen LogP contribution in [0.25, 0.3) is 0 Å². The minimum Gasteiger partial charge on any atom is -0.396 e. The summed E-state index contributed by atoms with van der Waals surface area (Å²) in [5, 5.41) is 11.6. The van der Waals surface area contributed by atoms with Gasteiger partial charge in [0.2, 0.25) is 0 Å². The fourth-order valence-electron chi connectivity index (χ4n) is 1.31. The van der Waals surface area contributed by atoms with Crippen LogP contribution in [0.15, 0.2) is 24.5 Å². The van der Waals surface area contributed by atoms with Gasteiger partial charge in [0.05, 0.1) is 0 Å². The Morgan fingerprint density at radius 3 is 2.73 bits per heavy atom. The molecule has 0 aliphatic heterocycles. The quantitative estimate of drug-likeness (QED) is 0.758. The molecule has 1 unspecified atom stereocenters. The summed E-state index contributed by atoms with van der Waals surface area (Å²) in [5.41, 5.74) is 0.599. The van der Waals surface area contributed by atoms with Gasteiger partial charge in [0.1, 0.15) is 0 Å². The van der Waals surface area contributed by atoms with E-state index in [1.54, 1.807) is 24.5 Å². The first kappa shape index (κ1) is 11.7. The van der Waals surface area contributed by atoms with Crippen molar-refractivity contribution in [2.45, 2.75) is 25.8 Å². The van der Waals surface area contributed by atoms with Gasteiger partial charge in [-0.15, -0.1) is 0 Å². The number of nitrogens with zero attached hydrogens (tertiary/aromatic N) is 1. The maximum absolute atomic E-state index is 11.7. The molecule has 0 aliphatic rings. The Labute approximate surface area is 89.3 Å². The van der Waals surface area contributed by atoms with E-state index in [0.717, 1.165) is 6.42 Å². The first-order valence-corrected chi connectivity index (χ1v) is 5.09. The third-order valence-corrected chi connectivity index (χ3v) is 2.25. The lowest BCUT2D eigenvalue weighted by Crippen LogP contribution is -2.35. The number of hydrogen-bond donors (Lipinski definition) is 2. The molecule has 0 aliphatic carbocycles. The lowest BCUT2D eigenvalue weighted by Gasteiger charge is -2.15. The largest absolute Gasteiger partial charge is 0.396 e. The zero-order valence-electron chi connectivity index (χ0n) is 8.81. The number of aliphatic hydroxyl groups excluding tert-OH is 1. The highest BCUT2D eigenvalue weighted by atomic mass is 16.3. The van der Waals surface area contributed by atoms with E-state index >= 15 is 0 Å². The number of nitrogens with one attached hydrogen (secondary N) is 1. The molecule has 0 spiro atoms. The molecule has 1 amide bonds. The van der Waals surface area contributed by atoms with Gasteiger partial charge in [-0.25, -0.2) is 0 Å². The second kappa shape index (κ2) is 6.14. The lowest BCUT2D eigenvalue weighted by atomic mass is 10.1. The molecule has 15 heavy (non-hydrogen) atoms. The summed E-state index contributed by atoms with van der Waals surface area (Å²) < 4.78 is 0. The molecular formula is C11H16N2O2. The summed E-state index contributed by atoms with van der Waals surface area (Å²) in [5.74, 6) is -0.113. The predicted molar refractivity (Wildman–Crippen MR) is 57.5 cm³/mol. The minimum atomic E-state index is -0.113. The number of carbonyl (C=O) groups is 1. The molecule has 4 heteroatoms. The van der Waals surface area contributed by atoms with E-state index in [4.69, 9.17) is 5.11 Å². The van der Waals surface area contributed by atoms with E-state index in [2.05, 4.69) is 10.3 Å². The second-order valence-electron chi connectivity index (χ2n) is 3.33. The van der Waals surface area contributed by atoms with Crippen molar-refractivity contribution >= 4 is 5.91 Å². The standard InChI is InChI=1S/C11H16N2O2/c1-2-10(5-8-14)13-11(15)9-3-6-12-7-4-9/h3-4,6-7,10,14H,2,5,8H2,1H3,(H,13,15). The van der Waals surface area contributed by atoms with Crippen molar-refractivity contribution in [3.8, 4) is 0 Å². The first-order valence-electron chi connectivity index (χ1n) is 5.09. The molecule has 2 N–H and O–H groups in total. The van der Waals surface area contributed by atoms with Gasteiger partial charge in [0.25, 0.3) is 5.91 Å². The Morgan fingerprint density at radius 1 is 1.53 bits per heavy atom. The topological polar surface area (TPSA) is 62.2 Å². The van der Waals surface area contributed by atoms with Crippen LogP contribution in [0.2, 0.25) is 0 Å². The van der Waals surface area contributed by atoms with Gasteiger partial charge < -0.3 is 10.4 Å². The molecule has 0 saturated heterocycles. The van der Waals surface area contributed by atoms with E-state index < -0.39 is 0 Å². The number of carbonyl (C=O) groups excluding carboxylic acids is 1. The third-order valence-electron chi connectivity index (χ3n) is 2.25. The maximum Gasteiger partial charge on any atom is 0.251 e. The normalized spacial score (nSPS) is 12.1. The summed E-state index contributed by atoms with van der Waals surface area (Å²) in [4.78, 5) is 15.5. The number of aliphatic hydroxyl groups is 1. The SMILES string of the molecule is CCC(CCO)NC(=O)c1ccncc1. The number of aromatic nitrogens is 1. The van der Waals surface area contributed by atoms with Crippen molar-refractivity contribution in [1.82, 2.24) is 10.3 Å². The molecule has 1 atom stereocenters. The number of pyridine rings is 1. The summed E-state index contributed by atoms with van der Waals surface area (Å²) in [7, 11) is 0. The Bertz CT molecular complexity index is 301. The van der Waals surface area contributed by atoms with Gasteiger partial charge in [0, 0.05) is 30.6 Å². The van der Waals surface area contributed by atoms with Gasteiger partial charge in [-0.3, -0.25) is 9.78 Å². The van der Waals surface area contributed by atoms with E-state index in [-0.39, 0.29) is 18.6 Å². The highest BCUT2D eigenvalue weighted by Gasteiger charge is 2.10. The van der Waals surface area contributed by atoms with Crippen LogP contribution < -0.4 is 5.32 Å². The smallest absolute Gasteiger partial charge is 0.251 e. The van der Waals surface area contributed by atoms with Crippen LogP contribution in [-0.2, 0) is 0 Å². The predicted octanol–water partition coefficient (Wildman–Crippen LogP) is 0.972. The summed E-state index contributed by atoms with van der Waals surface area (Å²) in [6.45, 7) is 2.07. The molecular weight excluding hydrogens is 192 g/mol. The molecule has 82 valence electrons. The van der Waals surface area contributed by atoms with Crippen molar-refractivity contribution in [2.75, 3.05) is 6.61 Å². The van der Waals surface area contributed by atoms with E-state index in [0.29, 0.717) is 12.0 Å². The van der Waals surface area contributed by atoms with Crippen molar-refractivity contribution in [3.05, 3.63) is 30.1 Å². The van der Waals surface area contributed by atoms with Crippen LogP contribution in [0.3, 0.4) is 0 Å². The van der Waals surface area contributed by atoms with Crippen LogP contribution in [0.4, 0.5) is 0 Å². The van der Waals surface area contributed by atoms with Gasteiger partial charge in [-0.1, -0.05) is 6.92 Å². The molecule has 1 heterocycles. The van der Waals surface area contributed by atoms with Gasteiger partial charge in [-0.2, -0.15) is 0 Å². The second-order valence-corrected chi connectivity index (χ2v) is 3.33. The van der Waals surface area contributed by atoms with E-state index in [9.17, 15) is 4.79 Å². The van der Waals surface area contributed by atoms with Crippen molar-refractivity contribution in [3.63, 3.8) is 0 Å². The lowest BCUT2D eigenvalue weighted by molar-refractivity contribution is 0.0929. The molecule has 1 aromatic rings. The average molecular weight is 208 g/mol. The molecule has 0 bridgehead atoms. The van der Waals surface area contributed by atoms with Crippen molar-refractivity contribution in [1.29, 1.82) is 0 Å². The van der Waals surface area contributed by atoms with Crippen LogP contribution >= 0.6 is 0 Å². The Morgan fingerprint density at radius 2 is 2.20 bits per heavy atom. The number of hydrogen-bond acceptors (Lipinski definition) is 3. The van der Waals surface area contributed by atoms with Crippen molar-refractivity contribution < 1.29 is 9.90 Å². The van der Waals surface area contributed by atoms with Crippen LogP contribution in [0.1, 0.15) is 30.1 Å². The van der Waals surface area contributed by atoms with E-state index in [1.165, 1.54) is 0 Å². The molecule has 1 rings (SSSR count). The fraction of sp³-hybridized carbons (Fsp3) is 0.455. The summed E-state index contributed by atoms with van der Waals surface area (Å²) >= 11 is 0. The monoisotopic (exact) mass is 208 g/mol. The molecule has 1 aromatic heterocycles. The highest BCUT2D eigenvalue weighted by molar-refractivity contribution is 5.94. The zero-order chi connectivity index (χ0) is 11.1. The summed E-state index contributed by atoms with van der Waals surface area (Å²) in [6, 6.07) is 3.37. The van der Waals surface area contributed by atoms with Crippen LogP contribution in [0, 0.1) is 0 Å². The van der Waals surface area contributed by atoms with Crippen LogP contribution in [0.5, 0.6) is 0 Å². The van der Waals surface area contributed by atoms with Gasteiger partial charge in [0.15, 0.2) is 0 Å². The first-order chi connectivity index (χ1) is 7.27. The third kappa shape index (κ3) is 3.67. The average Bonchev–Trinajstić information content (AvgIpc) is 2.29. The van der Waals surface area contributed by atoms with Crippen LogP contribution in [-0.4, -0.2) is 28.6 Å².